The van der Waals surface area contributed by atoms with Crippen molar-refractivity contribution in [1.29, 1.82) is 0 Å². The minimum atomic E-state index is -1.39. The number of carbonyl (C=O) groups excluding carboxylic acids is 4. The second-order valence-electron chi connectivity index (χ2n) is 9.38. The van der Waals surface area contributed by atoms with Crippen LogP contribution < -0.4 is 38.9 Å². The molecule has 0 spiro atoms. The van der Waals surface area contributed by atoms with Crippen LogP contribution in [0.4, 0.5) is 0 Å². The van der Waals surface area contributed by atoms with Crippen molar-refractivity contribution in [3.05, 3.63) is 0 Å². The molecular weight excluding hydrogens is 472 g/mol. The molecule has 0 aromatic carbocycles. The van der Waals surface area contributed by atoms with Crippen molar-refractivity contribution < 1.29 is 29.1 Å². The lowest BCUT2D eigenvalue weighted by atomic mass is 9.99. The summed E-state index contributed by atoms with van der Waals surface area (Å²) in [5.41, 5.74) is 21.6. The number of amides is 4. The first-order chi connectivity index (χ1) is 16.6. The predicted molar refractivity (Wildman–Crippen MR) is 134 cm³/mol. The molecule has 4 amide bonds. The third kappa shape index (κ3) is 13.5. The van der Waals surface area contributed by atoms with Gasteiger partial charge in [-0.15, -0.1) is 0 Å². The molecule has 0 saturated carbocycles. The van der Waals surface area contributed by atoms with Crippen molar-refractivity contribution in [2.45, 2.75) is 84.0 Å². The highest BCUT2D eigenvalue weighted by molar-refractivity contribution is 5.94. The second-order valence-corrected chi connectivity index (χ2v) is 9.38. The minimum Gasteiger partial charge on any atom is -0.480 e. The Morgan fingerprint density at radius 1 is 0.833 bits per heavy atom. The van der Waals surface area contributed by atoms with Crippen LogP contribution in [0.2, 0.25) is 0 Å². The normalized spacial score (nSPS) is 14.3. The van der Waals surface area contributed by atoms with Crippen LogP contribution in [-0.4, -0.2) is 71.4 Å². The number of hydrogen-bond donors (Lipinski definition) is 8. The second kappa shape index (κ2) is 16.3. The maximum atomic E-state index is 13.1. The molecule has 206 valence electrons. The molecule has 0 aliphatic carbocycles. The fourth-order valence-electron chi connectivity index (χ4n) is 3.26. The third-order valence-electron chi connectivity index (χ3n) is 5.18. The minimum absolute atomic E-state index is 0.0716. The Kier molecular flexibility index (Phi) is 14.7. The fourth-order valence-corrected chi connectivity index (χ4v) is 3.26. The molecule has 0 aromatic heterocycles. The fraction of sp³-hybridized carbons (Fsp3) is 0.727. The molecule has 4 unspecified atom stereocenters. The van der Waals surface area contributed by atoms with Crippen LogP contribution in [0.25, 0.3) is 0 Å². The molecular formula is C22H42N8O6. The van der Waals surface area contributed by atoms with Crippen molar-refractivity contribution in [3.63, 3.8) is 0 Å². The Hall–Kier alpha value is -3.42. The van der Waals surface area contributed by atoms with Gasteiger partial charge in [-0.2, -0.15) is 0 Å². The highest BCUT2D eigenvalue weighted by atomic mass is 16.4. The van der Waals surface area contributed by atoms with E-state index in [1.165, 1.54) is 0 Å². The highest BCUT2D eigenvalue weighted by Gasteiger charge is 2.31. The van der Waals surface area contributed by atoms with Gasteiger partial charge >= 0.3 is 5.97 Å². The van der Waals surface area contributed by atoms with Crippen molar-refractivity contribution in [2.75, 3.05) is 6.54 Å². The van der Waals surface area contributed by atoms with Crippen molar-refractivity contribution >= 4 is 35.6 Å². The summed E-state index contributed by atoms with van der Waals surface area (Å²) in [6.07, 6.45) is 0.311. The molecule has 4 atom stereocenters. The summed E-state index contributed by atoms with van der Waals surface area (Å²) in [5.74, 6) is -4.30. The van der Waals surface area contributed by atoms with Gasteiger partial charge in [-0.3, -0.25) is 24.2 Å². The number of carbonyl (C=O) groups is 5. The molecule has 0 fully saturated rings. The number of carboxylic acid groups (broad SMARTS) is 1. The van der Waals surface area contributed by atoms with Gasteiger partial charge in [0.15, 0.2) is 5.96 Å². The summed E-state index contributed by atoms with van der Waals surface area (Å²) in [6, 6.07) is -4.35. The van der Waals surface area contributed by atoms with Crippen LogP contribution in [0.1, 0.15) is 59.8 Å². The molecule has 12 N–H and O–H groups in total. The number of primary amides is 1. The maximum Gasteiger partial charge on any atom is 0.326 e. The number of aliphatic carboxylic acids is 1. The molecule has 0 aromatic rings. The zero-order valence-corrected chi connectivity index (χ0v) is 21.5. The first-order valence-electron chi connectivity index (χ1n) is 11.9. The van der Waals surface area contributed by atoms with Gasteiger partial charge in [-0.05, 0) is 37.5 Å². The van der Waals surface area contributed by atoms with Crippen LogP contribution >= 0.6 is 0 Å². The van der Waals surface area contributed by atoms with Crippen LogP contribution in [0.15, 0.2) is 4.99 Å². The van der Waals surface area contributed by atoms with E-state index >= 15 is 0 Å². The summed E-state index contributed by atoms with van der Waals surface area (Å²) >= 11 is 0. The van der Waals surface area contributed by atoms with E-state index in [0.29, 0.717) is 6.42 Å². The highest BCUT2D eigenvalue weighted by Crippen LogP contribution is 2.08. The van der Waals surface area contributed by atoms with E-state index in [1.807, 2.05) is 13.8 Å². The molecule has 14 heteroatoms. The van der Waals surface area contributed by atoms with Gasteiger partial charge in [-0.1, -0.05) is 27.7 Å². The molecule has 0 radical (unpaired) electrons. The quantitative estimate of drug-likeness (QED) is 0.0598. The summed E-state index contributed by atoms with van der Waals surface area (Å²) < 4.78 is 0. The van der Waals surface area contributed by atoms with Gasteiger partial charge in [0.2, 0.25) is 23.6 Å². The maximum absolute atomic E-state index is 13.1. The summed E-state index contributed by atoms with van der Waals surface area (Å²) in [4.78, 5) is 64.9. The van der Waals surface area contributed by atoms with Crippen LogP contribution in [0, 0.1) is 11.8 Å². The Labute approximate surface area is 211 Å². The van der Waals surface area contributed by atoms with E-state index in [-0.39, 0.29) is 50.0 Å². The standard InChI is InChI=1S/C22H42N8O6/c1-11(2)10-13(23)18(32)30-17(12(3)4)20(34)28-14(6-5-9-27-22(25)26)19(33)29-15(21(35)36)7-8-16(24)31/h11-15,17H,5-10,23H2,1-4H3,(H2,24,31)(H,28,34)(H,29,33)(H,30,32)(H,35,36)(H4,25,26,27). The van der Waals surface area contributed by atoms with E-state index in [2.05, 4.69) is 20.9 Å². The van der Waals surface area contributed by atoms with E-state index < -0.39 is 53.8 Å². The number of guanidine groups is 1. The molecule has 14 nitrogen and oxygen atoms in total. The van der Waals surface area contributed by atoms with Gasteiger partial charge in [-0.25, -0.2) is 4.79 Å². The number of hydrogen-bond acceptors (Lipinski definition) is 7. The number of nitrogens with zero attached hydrogens (tertiary/aromatic N) is 1. The summed E-state index contributed by atoms with van der Waals surface area (Å²) in [5, 5.41) is 16.9. The number of nitrogens with one attached hydrogen (secondary N) is 3. The SMILES string of the molecule is CC(C)CC(N)C(=O)NC(C(=O)NC(CCCN=C(N)N)C(=O)NC(CCC(N)=O)C(=O)O)C(C)C. The van der Waals surface area contributed by atoms with Crippen LogP contribution in [-0.2, 0) is 24.0 Å². The van der Waals surface area contributed by atoms with Gasteiger partial charge in [0.25, 0.3) is 0 Å². The number of carboxylic acids is 1. The lowest BCUT2D eigenvalue weighted by Crippen LogP contribution is -2.58. The lowest BCUT2D eigenvalue weighted by molar-refractivity contribution is -0.142. The summed E-state index contributed by atoms with van der Waals surface area (Å²) in [6.45, 7) is 7.44. The topological polar surface area (TPSA) is 258 Å². The largest absolute Gasteiger partial charge is 0.480 e. The average molecular weight is 515 g/mol. The summed E-state index contributed by atoms with van der Waals surface area (Å²) in [7, 11) is 0. The molecule has 0 aliphatic rings. The van der Waals surface area contributed by atoms with Crippen molar-refractivity contribution in [1.82, 2.24) is 16.0 Å². The van der Waals surface area contributed by atoms with E-state index in [0.717, 1.165) is 0 Å². The molecule has 36 heavy (non-hydrogen) atoms. The monoisotopic (exact) mass is 514 g/mol. The number of nitrogens with two attached hydrogens (primary N) is 4. The van der Waals surface area contributed by atoms with Crippen LogP contribution in [0.3, 0.4) is 0 Å². The van der Waals surface area contributed by atoms with Gasteiger partial charge in [0, 0.05) is 13.0 Å². The predicted octanol–water partition coefficient (Wildman–Crippen LogP) is -2.13. The van der Waals surface area contributed by atoms with Gasteiger partial charge < -0.3 is 44.0 Å². The Bertz CT molecular complexity index is 797. The first kappa shape index (κ1) is 32.6. The molecule has 0 aliphatic heterocycles. The molecule has 0 rings (SSSR count). The van der Waals surface area contributed by atoms with Gasteiger partial charge in [0.05, 0.1) is 6.04 Å². The Balaban J connectivity index is 5.58. The van der Waals surface area contributed by atoms with E-state index in [4.69, 9.17) is 22.9 Å². The third-order valence-corrected chi connectivity index (χ3v) is 5.18. The van der Waals surface area contributed by atoms with E-state index in [9.17, 15) is 29.1 Å². The van der Waals surface area contributed by atoms with Crippen molar-refractivity contribution in [2.24, 2.45) is 39.8 Å². The van der Waals surface area contributed by atoms with Crippen LogP contribution in [0.5, 0.6) is 0 Å². The number of aliphatic imine (C=N–C) groups is 1. The van der Waals surface area contributed by atoms with Gasteiger partial charge in [0.1, 0.15) is 18.1 Å². The molecule has 0 heterocycles. The lowest BCUT2D eigenvalue weighted by Gasteiger charge is -2.27. The Morgan fingerprint density at radius 3 is 1.89 bits per heavy atom. The average Bonchev–Trinajstić information content (AvgIpc) is 2.75. The smallest absolute Gasteiger partial charge is 0.326 e. The zero-order chi connectivity index (χ0) is 28.0. The number of rotatable bonds is 17. The molecule has 0 saturated heterocycles. The molecule has 0 bridgehead atoms. The van der Waals surface area contributed by atoms with E-state index in [1.54, 1.807) is 13.8 Å². The first-order valence-corrected chi connectivity index (χ1v) is 11.9. The zero-order valence-electron chi connectivity index (χ0n) is 21.5. The Morgan fingerprint density at radius 2 is 1.42 bits per heavy atom. The van der Waals surface area contributed by atoms with Crippen molar-refractivity contribution in [3.8, 4) is 0 Å².